The summed E-state index contributed by atoms with van der Waals surface area (Å²) in [5, 5.41) is 0. The predicted octanol–water partition coefficient (Wildman–Crippen LogP) is 2.29. The van der Waals surface area contributed by atoms with Gasteiger partial charge in [-0.1, -0.05) is 24.3 Å². The smallest absolute Gasteiger partial charge is 0.124 e. The first kappa shape index (κ1) is 9.33. The molecule has 0 bridgehead atoms. The van der Waals surface area contributed by atoms with Gasteiger partial charge in [0.25, 0.3) is 0 Å². The topological polar surface area (TPSA) is 17.1 Å². The van der Waals surface area contributed by atoms with E-state index in [0.29, 0.717) is 6.42 Å². The zero-order valence-corrected chi connectivity index (χ0v) is 7.93. The minimum atomic E-state index is 0.527. The Morgan fingerprint density at radius 3 is 2.33 bits per heavy atom. The van der Waals surface area contributed by atoms with E-state index >= 15 is 0 Å². The molecule has 0 radical (unpaired) electrons. The molecule has 1 aromatic rings. The molecule has 1 aromatic carbocycles. The number of rotatable bonds is 4. The van der Waals surface area contributed by atoms with Crippen LogP contribution < -0.4 is 0 Å². The van der Waals surface area contributed by atoms with E-state index in [1.165, 1.54) is 5.56 Å². The Morgan fingerprint density at radius 1 is 1.25 bits per heavy atom. The van der Waals surface area contributed by atoms with E-state index in [1.54, 1.807) is 11.8 Å². The lowest BCUT2D eigenvalue weighted by molar-refractivity contribution is -0.107. The van der Waals surface area contributed by atoms with E-state index in [4.69, 9.17) is 0 Å². The van der Waals surface area contributed by atoms with Crippen LogP contribution in [0, 0.1) is 0 Å². The van der Waals surface area contributed by atoms with Crippen LogP contribution in [0.5, 0.6) is 0 Å². The molecule has 0 heterocycles. The maximum Gasteiger partial charge on any atom is 0.124 e. The molecular weight excluding hydrogens is 168 g/mol. The van der Waals surface area contributed by atoms with Crippen molar-refractivity contribution in [2.45, 2.75) is 12.2 Å². The van der Waals surface area contributed by atoms with Crippen molar-refractivity contribution in [1.29, 1.82) is 0 Å². The Hall–Kier alpha value is -0.760. The molecule has 0 atom stereocenters. The summed E-state index contributed by atoms with van der Waals surface area (Å²) >= 11 is 1.80. The third-order valence-corrected chi connectivity index (χ3v) is 2.28. The molecule has 0 fully saturated rings. The summed E-state index contributed by atoms with van der Waals surface area (Å²) in [4.78, 5) is 10.2. The van der Waals surface area contributed by atoms with Crippen LogP contribution in [0.15, 0.2) is 24.3 Å². The summed E-state index contributed by atoms with van der Waals surface area (Å²) in [6, 6.07) is 8.19. The van der Waals surface area contributed by atoms with Gasteiger partial charge in [-0.05, 0) is 17.4 Å². The van der Waals surface area contributed by atoms with Crippen LogP contribution in [0.3, 0.4) is 0 Å². The lowest BCUT2D eigenvalue weighted by Gasteiger charge is -1.99. The minimum absolute atomic E-state index is 0.527. The van der Waals surface area contributed by atoms with Crippen molar-refractivity contribution in [3.8, 4) is 0 Å². The lowest BCUT2D eigenvalue weighted by Crippen LogP contribution is -1.86. The standard InChI is InChI=1S/C10H12OS/c1-12-8-10-4-2-9(3-5-10)6-7-11/h2-5,7H,6,8H2,1H3. The average Bonchev–Trinajstić information content (AvgIpc) is 2.09. The van der Waals surface area contributed by atoms with Gasteiger partial charge in [0.15, 0.2) is 0 Å². The van der Waals surface area contributed by atoms with Gasteiger partial charge in [-0.15, -0.1) is 0 Å². The molecular formula is C10H12OS. The van der Waals surface area contributed by atoms with Crippen LogP contribution in [0.25, 0.3) is 0 Å². The SMILES string of the molecule is CSCc1ccc(CC=O)cc1. The first-order chi connectivity index (χ1) is 5.86. The quantitative estimate of drug-likeness (QED) is 0.661. The number of benzene rings is 1. The number of aldehydes is 1. The second-order valence-corrected chi connectivity index (χ2v) is 3.49. The highest BCUT2D eigenvalue weighted by Gasteiger charge is 1.92. The molecule has 64 valence electrons. The van der Waals surface area contributed by atoms with Gasteiger partial charge in [0.1, 0.15) is 6.29 Å². The first-order valence-electron chi connectivity index (χ1n) is 3.87. The van der Waals surface area contributed by atoms with Gasteiger partial charge >= 0.3 is 0 Å². The van der Waals surface area contributed by atoms with Gasteiger partial charge in [-0.3, -0.25) is 0 Å². The molecule has 0 unspecified atom stereocenters. The van der Waals surface area contributed by atoms with Crippen LogP contribution in [0.2, 0.25) is 0 Å². The monoisotopic (exact) mass is 180 g/mol. The third kappa shape index (κ3) is 2.70. The maximum absolute atomic E-state index is 10.2. The molecule has 1 rings (SSSR count). The number of carbonyl (C=O) groups excluding carboxylic acids is 1. The van der Waals surface area contributed by atoms with E-state index < -0.39 is 0 Å². The molecule has 2 heteroatoms. The molecule has 12 heavy (non-hydrogen) atoms. The van der Waals surface area contributed by atoms with Crippen molar-refractivity contribution in [3.63, 3.8) is 0 Å². The fourth-order valence-corrected chi connectivity index (χ4v) is 1.56. The van der Waals surface area contributed by atoms with Crippen molar-refractivity contribution >= 4 is 18.0 Å². The minimum Gasteiger partial charge on any atom is -0.303 e. The zero-order chi connectivity index (χ0) is 8.81. The second-order valence-electron chi connectivity index (χ2n) is 2.62. The second kappa shape index (κ2) is 4.99. The van der Waals surface area contributed by atoms with Gasteiger partial charge in [-0.2, -0.15) is 11.8 Å². The normalized spacial score (nSPS) is 9.75. The van der Waals surface area contributed by atoms with Crippen molar-refractivity contribution in [2.24, 2.45) is 0 Å². The van der Waals surface area contributed by atoms with E-state index in [2.05, 4.69) is 18.4 Å². The van der Waals surface area contributed by atoms with Crippen molar-refractivity contribution < 1.29 is 4.79 Å². The highest BCUT2D eigenvalue weighted by atomic mass is 32.2. The number of hydrogen-bond donors (Lipinski definition) is 0. The molecule has 0 aliphatic heterocycles. The van der Waals surface area contributed by atoms with E-state index in [0.717, 1.165) is 17.6 Å². The molecule has 0 amide bonds. The highest BCUT2D eigenvalue weighted by Crippen LogP contribution is 2.10. The highest BCUT2D eigenvalue weighted by molar-refractivity contribution is 7.97. The van der Waals surface area contributed by atoms with Crippen molar-refractivity contribution in [3.05, 3.63) is 35.4 Å². The average molecular weight is 180 g/mol. The Morgan fingerprint density at radius 2 is 1.83 bits per heavy atom. The molecule has 0 aliphatic carbocycles. The fourth-order valence-electron chi connectivity index (χ4n) is 1.03. The summed E-state index contributed by atoms with van der Waals surface area (Å²) in [6.45, 7) is 0. The van der Waals surface area contributed by atoms with Gasteiger partial charge in [0.2, 0.25) is 0 Å². The van der Waals surface area contributed by atoms with Gasteiger partial charge in [0.05, 0.1) is 0 Å². The van der Waals surface area contributed by atoms with Crippen LogP contribution >= 0.6 is 11.8 Å². The van der Waals surface area contributed by atoms with Crippen molar-refractivity contribution in [1.82, 2.24) is 0 Å². The third-order valence-electron chi connectivity index (χ3n) is 1.65. The first-order valence-corrected chi connectivity index (χ1v) is 5.26. The summed E-state index contributed by atoms with van der Waals surface area (Å²) in [6.07, 6.45) is 3.54. The zero-order valence-electron chi connectivity index (χ0n) is 7.12. The summed E-state index contributed by atoms with van der Waals surface area (Å²) < 4.78 is 0. The summed E-state index contributed by atoms with van der Waals surface area (Å²) in [5.41, 5.74) is 2.41. The predicted molar refractivity (Wildman–Crippen MR) is 53.4 cm³/mol. The van der Waals surface area contributed by atoms with E-state index in [-0.39, 0.29) is 0 Å². The van der Waals surface area contributed by atoms with Gasteiger partial charge < -0.3 is 4.79 Å². The fraction of sp³-hybridized carbons (Fsp3) is 0.300. The van der Waals surface area contributed by atoms with Crippen molar-refractivity contribution in [2.75, 3.05) is 6.26 Å². The molecule has 0 spiro atoms. The van der Waals surface area contributed by atoms with Crippen LogP contribution in [0.4, 0.5) is 0 Å². The van der Waals surface area contributed by atoms with Crippen LogP contribution in [-0.2, 0) is 17.0 Å². The molecule has 0 saturated carbocycles. The maximum atomic E-state index is 10.2. The molecule has 0 aliphatic rings. The molecule has 0 aromatic heterocycles. The molecule has 1 nitrogen and oxygen atoms in total. The van der Waals surface area contributed by atoms with Crippen LogP contribution in [-0.4, -0.2) is 12.5 Å². The van der Waals surface area contributed by atoms with E-state index in [9.17, 15) is 4.79 Å². The molecule has 0 saturated heterocycles. The number of hydrogen-bond acceptors (Lipinski definition) is 2. The Bertz CT molecular complexity index is 241. The van der Waals surface area contributed by atoms with Gasteiger partial charge in [-0.25, -0.2) is 0 Å². The Balaban J connectivity index is 2.64. The largest absolute Gasteiger partial charge is 0.303 e. The summed E-state index contributed by atoms with van der Waals surface area (Å²) in [5.74, 6) is 1.04. The van der Waals surface area contributed by atoms with Crippen LogP contribution in [0.1, 0.15) is 11.1 Å². The van der Waals surface area contributed by atoms with E-state index in [1.807, 2.05) is 12.1 Å². The Labute approximate surface area is 77.2 Å². The number of thioether (sulfide) groups is 1. The summed E-state index contributed by atoms with van der Waals surface area (Å²) in [7, 11) is 0. The molecule has 0 N–H and O–H groups in total. The lowest BCUT2D eigenvalue weighted by atomic mass is 10.1. The van der Waals surface area contributed by atoms with Gasteiger partial charge in [0, 0.05) is 12.2 Å². The number of carbonyl (C=O) groups is 1. The Kier molecular flexibility index (Phi) is 3.88.